The largest absolute Gasteiger partial charge is 0.386 e. The summed E-state index contributed by atoms with van der Waals surface area (Å²) in [6, 6.07) is 0. The van der Waals surface area contributed by atoms with Crippen LogP contribution in [0, 0.1) is 5.92 Å². The summed E-state index contributed by atoms with van der Waals surface area (Å²) in [5, 5.41) is 9.90. The van der Waals surface area contributed by atoms with Gasteiger partial charge in [-0.25, -0.2) is 4.98 Å². The summed E-state index contributed by atoms with van der Waals surface area (Å²) in [5.74, 6) is 0.171. The Morgan fingerprint density at radius 3 is 2.86 bits per heavy atom. The van der Waals surface area contributed by atoms with E-state index in [4.69, 9.17) is 4.74 Å². The maximum Gasteiger partial charge on any atom is 0.100 e. The lowest BCUT2D eigenvalue weighted by Gasteiger charge is -2.16. The van der Waals surface area contributed by atoms with Crippen LogP contribution >= 0.6 is 0 Å². The molecule has 0 amide bonds. The highest BCUT2D eigenvalue weighted by Crippen LogP contribution is 2.22. The molecule has 0 aliphatic heterocycles. The maximum atomic E-state index is 9.90. The number of aliphatic hydroxyl groups is 1. The fourth-order valence-corrected chi connectivity index (χ4v) is 1.34. The molecule has 0 aliphatic carbocycles. The van der Waals surface area contributed by atoms with Crippen molar-refractivity contribution in [1.82, 2.24) is 9.55 Å². The molecular formula is C10H18N2O2. The lowest BCUT2D eigenvalue weighted by atomic mass is 9.99. The first-order valence-electron chi connectivity index (χ1n) is 4.80. The SMILES string of the molecule is COCCC(C)C(O)c1cn(C)cn1. The van der Waals surface area contributed by atoms with Gasteiger partial charge in [-0.15, -0.1) is 0 Å². The number of ether oxygens (including phenoxy) is 1. The molecule has 0 saturated heterocycles. The number of aliphatic hydroxyl groups excluding tert-OH is 1. The van der Waals surface area contributed by atoms with Gasteiger partial charge < -0.3 is 14.4 Å². The Morgan fingerprint density at radius 2 is 2.36 bits per heavy atom. The van der Waals surface area contributed by atoms with Crippen molar-refractivity contribution >= 4 is 0 Å². The molecule has 80 valence electrons. The van der Waals surface area contributed by atoms with Gasteiger partial charge in [0.25, 0.3) is 0 Å². The average Bonchev–Trinajstić information content (AvgIpc) is 2.60. The fraction of sp³-hybridized carbons (Fsp3) is 0.700. The van der Waals surface area contributed by atoms with Gasteiger partial charge in [0.15, 0.2) is 0 Å². The summed E-state index contributed by atoms with van der Waals surface area (Å²) >= 11 is 0. The molecule has 0 saturated carbocycles. The van der Waals surface area contributed by atoms with Crippen LogP contribution in [0.1, 0.15) is 25.1 Å². The number of nitrogens with zero attached hydrogens (tertiary/aromatic N) is 2. The summed E-state index contributed by atoms with van der Waals surface area (Å²) in [6.45, 7) is 2.67. The van der Waals surface area contributed by atoms with Gasteiger partial charge in [0.2, 0.25) is 0 Å². The van der Waals surface area contributed by atoms with Crippen LogP contribution in [0.2, 0.25) is 0 Å². The zero-order valence-corrected chi connectivity index (χ0v) is 8.97. The molecule has 1 aromatic heterocycles. The fourth-order valence-electron chi connectivity index (χ4n) is 1.34. The van der Waals surface area contributed by atoms with E-state index >= 15 is 0 Å². The van der Waals surface area contributed by atoms with Gasteiger partial charge in [-0.3, -0.25) is 0 Å². The molecule has 0 bridgehead atoms. The number of hydrogen-bond acceptors (Lipinski definition) is 3. The van der Waals surface area contributed by atoms with Crippen LogP contribution in [0.15, 0.2) is 12.5 Å². The van der Waals surface area contributed by atoms with Crippen molar-refractivity contribution in [2.45, 2.75) is 19.4 Å². The monoisotopic (exact) mass is 198 g/mol. The molecule has 2 atom stereocenters. The van der Waals surface area contributed by atoms with Crippen molar-refractivity contribution in [1.29, 1.82) is 0 Å². The highest BCUT2D eigenvalue weighted by molar-refractivity contribution is 5.01. The van der Waals surface area contributed by atoms with Crippen LogP contribution in [0.3, 0.4) is 0 Å². The molecule has 2 unspecified atom stereocenters. The molecule has 4 heteroatoms. The molecule has 14 heavy (non-hydrogen) atoms. The Balaban J connectivity index is 2.51. The summed E-state index contributed by atoms with van der Waals surface area (Å²) in [5.41, 5.74) is 0.733. The lowest BCUT2D eigenvalue weighted by Crippen LogP contribution is -2.11. The first kappa shape index (κ1) is 11.2. The second kappa shape index (κ2) is 5.12. The average molecular weight is 198 g/mol. The number of aromatic nitrogens is 2. The van der Waals surface area contributed by atoms with E-state index in [-0.39, 0.29) is 5.92 Å². The molecule has 1 heterocycles. The number of methoxy groups -OCH3 is 1. The van der Waals surface area contributed by atoms with E-state index in [1.807, 2.05) is 24.7 Å². The van der Waals surface area contributed by atoms with E-state index in [0.717, 1.165) is 12.1 Å². The van der Waals surface area contributed by atoms with E-state index in [9.17, 15) is 5.11 Å². The smallest absolute Gasteiger partial charge is 0.100 e. The van der Waals surface area contributed by atoms with Gasteiger partial charge >= 0.3 is 0 Å². The number of hydrogen-bond donors (Lipinski definition) is 1. The minimum absolute atomic E-state index is 0.171. The first-order chi connectivity index (χ1) is 6.65. The molecule has 0 aliphatic rings. The molecular weight excluding hydrogens is 180 g/mol. The number of aryl methyl sites for hydroxylation is 1. The van der Waals surface area contributed by atoms with Crippen molar-refractivity contribution in [2.24, 2.45) is 13.0 Å². The van der Waals surface area contributed by atoms with E-state index in [0.29, 0.717) is 6.61 Å². The van der Waals surface area contributed by atoms with Crippen molar-refractivity contribution in [3.63, 3.8) is 0 Å². The predicted octanol–water partition coefficient (Wildman–Crippen LogP) is 1.13. The Bertz CT molecular complexity index is 273. The molecule has 0 fully saturated rings. The van der Waals surface area contributed by atoms with E-state index < -0.39 is 6.10 Å². The third kappa shape index (κ3) is 2.82. The highest BCUT2D eigenvalue weighted by atomic mass is 16.5. The second-order valence-electron chi connectivity index (χ2n) is 3.67. The normalized spacial score (nSPS) is 15.4. The van der Waals surface area contributed by atoms with Crippen LogP contribution in [0.25, 0.3) is 0 Å². The maximum absolute atomic E-state index is 9.90. The van der Waals surface area contributed by atoms with Crippen molar-refractivity contribution in [3.05, 3.63) is 18.2 Å². The Hall–Kier alpha value is -0.870. The topological polar surface area (TPSA) is 47.3 Å². The van der Waals surface area contributed by atoms with Gasteiger partial charge in [-0.1, -0.05) is 6.92 Å². The quantitative estimate of drug-likeness (QED) is 0.771. The van der Waals surface area contributed by atoms with Gasteiger partial charge in [0.1, 0.15) is 6.10 Å². The Kier molecular flexibility index (Phi) is 4.10. The molecule has 1 N–H and O–H groups in total. The van der Waals surface area contributed by atoms with Crippen LogP contribution in [0.5, 0.6) is 0 Å². The van der Waals surface area contributed by atoms with Crippen molar-refractivity contribution < 1.29 is 9.84 Å². The van der Waals surface area contributed by atoms with Crippen molar-refractivity contribution in [3.8, 4) is 0 Å². The molecule has 0 spiro atoms. The summed E-state index contributed by atoms with van der Waals surface area (Å²) in [4.78, 5) is 4.12. The van der Waals surface area contributed by atoms with Crippen LogP contribution < -0.4 is 0 Å². The molecule has 1 rings (SSSR count). The Morgan fingerprint density at radius 1 is 1.64 bits per heavy atom. The summed E-state index contributed by atoms with van der Waals surface area (Å²) < 4.78 is 6.80. The van der Waals surface area contributed by atoms with Gasteiger partial charge in [0, 0.05) is 27.0 Å². The zero-order chi connectivity index (χ0) is 10.6. The van der Waals surface area contributed by atoms with E-state index in [2.05, 4.69) is 4.98 Å². The van der Waals surface area contributed by atoms with Crippen LogP contribution in [-0.2, 0) is 11.8 Å². The minimum Gasteiger partial charge on any atom is -0.386 e. The number of imidazole rings is 1. The predicted molar refractivity (Wildman–Crippen MR) is 53.8 cm³/mol. The van der Waals surface area contributed by atoms with Gasteiger partial charge in [0.05, 0.1) is 12.0 Å². The molecule has 1 aromatic rings. The zero-order valence-electron chi connectivity index (χ0n) is 8.97. The van der Waals surface area contributed by atoms with Crippen LogP contribution in [0.4, 0.5) is 0 Å². The Labute approximate surface area is 84.5 Å². The number of rotatable bonds is 5. The van der Waals surface area contributed by atoms with Gasteiger partial charge in [-0.05, 0) is 12.3 Å². The lowest BCUT2D eigenvalue weighted by molar-refractivity contribution is 0.0857. The van der Waals surface area contributed by atoms with Crippen LogP contribution in [-0.4, -0.2) is 28.4 Å². The minimum atomic E-state index is -0.494. The van der Waals surface area contributed by atoms with E-state index in [1.165, 1.54) is 0 Å². The summed E-state index contributed by atoms with van der Waals surface area (Å²) in [6.07, 6.45) is 3.88. The van der Waals surface area contributed by atoms with Crippen molar-refractivity contribution in [2.75, 3.05) is 13.7 Å². The standard InChI is InChI=1S/C10H18N2O2/c1-8(4-5-14-3)10(13)9-6-12(2)7-11-9/h6-8,10,13H,4-5H2,1-3H3. The summed E-state index contributed by atoms with van der Waals surface area (Å²) in [7, 11) is 3.56. The second-order valence-corrected chi connectivity index (χ2v) is 3.67. The molecule has 4 nitrogen and oxygen atoms in total. The first-order valence-corrected chi connectivity index (χ1v) is 4.80. The van der Waals surface area contributed by atoms with E-state index in [1.54, 1.807) is 13.4 Å². The van der Waals surface area contributed by atoms with Gasteiger partial charge in [-0.2, -0.15) is 0 Å². The highest BCUT2D eigenvalue weighted by Gasteiger charge is 2.17. The third-order valence-electron chi connectivity index (χ3n) is 2.34. The molecule has 0 radical (unpaired) electrons. The third-order valence-corrected chi connectivity index (χ3v) is 2.34. The molecule has 0 aromatic carbocycles.